The number of rotatable bonds is 1. The second kappa shape index (κ2) is 4.69. The van der Waals surface area contributed by atoms with Crippen molar-refractivity contribution in [3.63, 3.8) is 0 Å². The third-order valence-electron chi connectivity index (χ3n) is 2.13. The Morgan fingerprint density at radius 3 is 2.00 bits per heavy atom. The van der Waals surface area contributed by atoms with E-state index in [1.165, 1.54) is 24.3 Å². The molecular formula is C11H5Cl3FNO. The van der Waals surface area contributed by atoms with Crippen LogP contribution in [-0.4, -0.2) is 4.98 Å². The summed E-state index contributed by atoms with van der Waals surface area (Å²) in [7, 11) is 0. The van der Waals surface area contributed by atoms with Crippen LogP contribution in [0.2, 0.25) is 15.1 Å². The highest BCUT2D eigenvalue weighted by atomic mass is 35.5. The molecule has 0 bridgehead atoms. The molecule has 0 aliphatic rings. The van der Waals surface area contributed by atoms with Crippen LogP contribution in [0, 0.1) is 5.95 Å². The van der Waals surface area contributed by atoms with Crippen molar-refractivity contribution >= 4 is 34.8 Å². The van der Waals surface area contributed by atoms with Gasteiger partial charge in [0, 0.05) is 6.07 Å². The summed E-state index contributed by atoms with van der Waals surface area (Å²) in [5.41, 5.74) is 0.364. The van der Waals surface area contributed by atoms with E-state index < -0.39 is 11.5 Å². The first-order chi connectivity index (χ1) is 7.97. The maximum absolute atomic E-state index is 13.0. The van der Waals surface area contributed by atoms with Crippen molar-refractivity contribution in [1.29, 1.82) is 0 Å². The van der Waals surface area contributed by atoms with Crippen LogP contribution in [0.5, 0.6) is 0 Å². The van der Waals surface area contributed by atoms with Gasteiger partial charge in [-0.25, -0.2) is 0 Å². The van der Waals surface area contributed by atoms with E-state index in [1.54, 1.807) is 0 Å². The lowest BCUT2D eigenvalue weighted by molar-refractivity contribution is 0.580. The molecule has 1 aromatic heterocycles. The van der Waals surface area contributed by atoms with Crippen LogP contribution in [0.3, 0.4) is 0 Å². The van der Waals surface area contributed by atoms with Crippen LogP contribution < -0.4 is 5.56 Å². The number of H-pyrrole nitrogens is 1. The van der Waals surface area contributed by atoms with Gasteiger partial charge in [-0.05, 0) is 29.3 Å². The minimum atomic E-state index is -0.727. The van der Waals surface area contributed by atoms with Crippen LogP contribution >= 0.6 is 34.8 Å². The Balaban J connectivity index is 2.64. The first kappa shape index (κ1) is 12.4. The van der Waals surface area contributed by atoms with Gasteiger partial charge in [0.1, 0.15) is 0 Å². The lowest BCUT2D eigenvalue weighted by Crippen LogP contribution is -2.06. The lowest BCUT2D eigenvalue weighted by atomic mass is 10.1. The molecule has 17 heavy (non-hydrogen) atoms. The van der Waals surface area contributed by atoms with Gasteiger partial charge < -0.3 is 0 Å². The Morgan fingerprint density at radius 1 is 0.941 bits per heavy atom. The number of hydrogen-bond donors (Lipinski definition) is 1. The van der Waals surface area contributed by atoms with Crippen LogP contribution in [0.1, 0.15) is 0 Å². The van der Waals surface area contributed by atoms with Gasteiger partial charge in [-0.1, -0.05) is 34.8 Å². The monoisotopic (exact) mass is 291 g/mol. The molecule has 0 saturated carbocycles. The van der Waals surface area contributed by atoms with Gasteiger partial charge in [0.05, 0.1) is 15.1 Å². The van der Waals surface area contributed by atoms with Crippen molar-refractivity contribution in [2.24, 2.45) is 0 Å². The van der Waals surface area contributed by atoms with Crippen molar-refractivity contribution < 1.29 is 4.39 Å². The van der Waals surface area contributed by atoms with E-state index in [-0.39, 0.29) is 15.1 Å². The Kier molecular flexibility index (Phi) is 3.43. The highest BCUT2D eigenvalue weighted by molar-refractivity contribution is 6.48. The standard InChI is InChI=1S/C11H5Cl3FNO/c12-7-1-5(2-8(13)11(7)14)6-3-9(15)16-10(17)4-6/h1-4H,(H,16,17). The zero-order chi connectivity index (χ0) is 12.6. The molecule has 0 saturated heterocycles. The fourth-order valence-electron chi connectivity index (χ4n) is 1.40. The summed E-state index contributed by atoms with van der Waals surface area (Å²) in [6.45, 7) is 0. The molecule has 0 amide bonds. The summed E-state index contributed by atoms with van der Waals surface area (Å²) in [5, 5.41) is 0.715. The van der Waals surface area contributed by atoms with Gasteiger partial charge in [0.15, 0.2) is 5.95 Å². The number of pyridine rings is 1. The van der Waals surface area contributed by atoms with E-state index in [2.05, 4.69) is 0 Å². The van der Waals surface area contributed by atoms with Crippen LogP contribution in [0.25, 0.3) is 11.1 Å². The van der Waals surface area contributed by atoms with Crippen LogP contribution in [0.15, 0.2) is 29.1 Å². The zero-order valence-electron chi connectivity index (χ0n) is 8.23. The summed E-state index contributed by atoms with van der Waals surface area (Å²) < 4.78 is 13.0. The summed E-state index contributed by atoms with van der Waals surface area (Å²) in [4.78, 5) is 13.1. The van der Waals surface area contributed by atoms with Gasteiger partial charge in [-0.15, -0.1) is 0 Å². The largest absolute Gasteiger partial charge is 0.299 e. The summed E-state index contributed by atoms with van der Waals surface area (Å²) in [6.07, 6.45) is 0. The van der Waals surface area contributed by atoms with Crippen LogP contribution in [0.4, 0.5) is 4.39 Å². The molecule has 0 atom stereocenters. The predicted octanol–water partition coefficient (Wildman–Crippen LogP) is 4.14. The molecule has 88 valence electrons. The van der Waals surface area contributed by atoms with E-state index >= 15 is 0 Å². The molecule has 1 N–H and O–H groups in total. The molecule has 6 heteroatoms. The maximum atomic E-state index is 13.0. The van der Waals surface area contributed by atoms with Crippen molar-refractivity contribution in [2.75, 3.05) is 0 Å². The van der Waals surface area contributed by atoms with E-state index in [1.807, 2.05) is 4.98 Å². The average molecular weight is 293 g/mol. The number of hydrogen-bond acceptors (Lipinski definition) is 1. The van der Waals surface area contributed by atoms with E-state index in [0.717, 1.165) is 0 Å². The van der Waals surface area contributed by atoms with Gasteiger partial charge in [-0.2, -0.15) is 4.39 Å². The van der Waals surface area contributed by atoms with Crippen molar-refractivity contribution in [3.05, 3.63) is 55.6 Å². The zero-order valence-corrected chi connectivity index (χ0v) is 10.5. The van der Waals surface area contributed by atoms with E-state index in [0.29, 0.717) is 11.1 Å². The predicted molar refractivity (Wildman–Crippen MR) is 67.5 cm³/mol. The summed E-state index contributed by atoms with van der Waals surface area (Å²) in [5.74, 6) is -0.727. The van der Waals surface area contributed by atoms with Crippen LogP contribution in [-0.2, 0) is 0 Å². The fraction of sp³-hybridized carbons (Fsp3) is 0. The van der Waals surface area contributed by atoms with E-state index in [4.69, 9.17) is 34.8 Å². The molecule has 2 rings (SSSR count). The Morgan fingerprint density at radius 2 is 1.47 bits per heavy atom. The highest BCUT2D eigenvalue weighted by Crippen LogP contribution is 2.34. The van der Waals surface area contributed by atoms with Gasteiger partial charge in [0.2, 0.25) is 0 Å². The van der Waals surface area contributed by atoms with Crippen molar-refractivity contribution in [2.45, 2.75) is 0 Å². The molecule has 0 aliphatic carbocycles. The number of nitrogens with one attached hydrogen (secondary N) is 1. The first-order valence-electron chi connectivity index (χ1n) is 4.52. The normalized spacial score (nSPS) is 10.6. The molecule has 0 aliphatic heterocycles. The average Bonchev–Trinajstić information content (AvgIpc) is 2.23. The highest BCUT2D eigenvalue weighted by Gasteiger charge is 2.08. The molecule has 2 nitrogen and oxygen atoms in total. The quantitative estimate of drug-likeness (QED) is 0.622. The minimum Gasteiger partial charge on any atom is -0.299 e. The summed E-state index contributed by atoms with van der Waals surface area (Å²) in [6, 6.07) is 5.46. The first-order valence-corrected chi connectivity index (χ1v) is 5.65. The second-order valence-electron chi connectivity index (χ2n) is 3.34. The SMILES string of the molecule is O=c1cc(-c2cc(Cl)c(Cl)c(Cl)c2)cc(F)[nH]1. The van der Waals surface area contributed by atoms with Gasteiger partial charge >= 0.3 is 0 Å². The Hall–Kier alpha value is -1.03. The second-order valence-corrected chi connectivity index (χ2v) is 4.53. The number of halogens is 4. The van der Waals surface area contributed by atoms with Crippen molar-refractivity contribution in [1.82, 2.24) is 4.98 Å². The molecule has 2 aromatic rings. The number of aromatic amines is 1. The Bertz CT molecular complexity index is 616. The maximum Gasteiger partial charge on any atom is 0.250 e. The molecular weight excluding hydrogens is 287 g/mol. The number of benzene rings is 1. The molecule has 1 aromatic carbocycles. The molecule has 0 radical (unpaired) electrons. The fourth-order valence-corrected chi connectivity index (χ4v) is 1.99. The van der Waals surface area contributed by atoms with Crippen molar-refractivity contribution in [3.8, 4) is 11.1 Å². The summed E-state index contributed by atoms with van der Waals surface area (Å²) >= 11 is 17.5. The molecule has 0 spiro atoms. The smallest absolute Gasteiger partial charge is 0.250 e. The third-order valence-corrected chi connectivity index (χ3v) is 3.33. The molecule has 0 unspecified atom stereocenters. The van der Waals surface area contributed by atoms with E-state index in [9.17, 15) is 9.18 Å². The topological polar surface area (TPSA) is 32.9 Å². The lowest BCUT2D eigenvalue weighted by Gasteiger charge is -2.05. The molecule has 1 heterocycles. The van der Waals surface area contributed by atoms with Gasteiger partial charge in [0.25, 0.3) is 5.56 Å². The Labute approximate surface area is 111 Å². The minimum absolute atomic E-state index is 0.224. The third kappa shape index (κ3) is 2.63. The molecule has 0 fully saturated rings. The number of aromatic nitrogens is 1. The van der Waals surface area contributed by atoms with Gasteiger partial charge in [-0.3, -0.25) is 9.78 Å².